The minimum absolute atomic E-state index is 0.0727. The molecule has 0 unspecified atom stereocenters. The van der Waals surface area contributed by atoms with Gasteiger partial charge in [0.05, 0.1) is 18.8 Å². The summed E-state index contributed by atoms with van der Waals surface area (Å²) in [6.07, 6.45) is 3.87. The lowest BCUT2D eigenvalue weighted by molar-refractivity contribution is -0.158. The minimum Gasteiger partial charge on any atom is -0.371 e. The number of hydrogen-bond donors (Lipinski definition) is 3. The molecule has 0 aromatic carbocycles. The van der Waals surface area contributed by atoms with Crippen molar-refractivity contribution in [2.75, 3.05) is 55.9 Å². The Hall–Kier alpha value is -5.93. The number of nitrogens with one attached hydrogen (secondary N) is 3. The SMILES string of the molecule is CC[C@H]1NC(=O)[C@@H]([C@@H]2OCC=CC[C@H]2C)N(C)C(=O)[C@@H](C(C)C)N(C)C(=O)[C@@H](CC(C)C)N(C)C(=O)[C@@H](CC(C)C)N(C)C(=O)[C@H](C)CC(=O)[C@@H](C)NC(=O)[C@@H](CC(C)C)N(C)C(=O)[C@@H](C(C)C)NC(=O)[C@H](CC(C)C)N(C)C(=O)[C@@H](C)N(C)C1=O. The van der Waals surface area contributed by atoms with E-state index in [0.29, 0.717) is 6.42 Å². The zero-order valence-corrected chi connectivity index (χ0v) is 56.8. The molecule has 0 aromatic heterocycles. The number of Topliss-reactive ketones (excluding diaryl/α,β-unsaturated/α-hetero) is 1. The van der Waals surface area contributed by atoms with Gasteiger partial charge in [-0.25, -0.2) is 0 Å². The van der Waals surface area contributed by atoms with Crippen LogP contribution in [0.4, 0.5) is 0 Å². The Kier molecular flexibility index (Phi) is 30.1. The van der Waals surface area contributed by atoms with Crippen LogP contribution in [0.25, 0.3) is 0 Å². The van der Waals surface area contributed by atoms with Crippen LogP contribution in [0.1, 0.15) is 163 Å². The molecule has 1 saturated heterocycles. The molecular weight excluding hydrogens is 1100 g/mol. The van der Waals surface area contributed by atoms with E-state index < -0.39 is 149 Å². The lowest BCUT2D eigenvalue weighted by Gasteiger charge is -2.42. The van der Waals surface area contributed by atoms with E-state index in [1.165, 1.54) is 97.5 Å². The third-order valence-electron chi connectivity index (χ3n) is 17.1. The van der Waals surface area contributed by atoms with Crippen molar-refractivity contribution in [2.45, 2.75) is 229 Å². The van der Waals surface area contributed by atoms with E-state index in [1.807, 2.05) is 74.5 Å². The molecule has 0 spiro atoms. The summed E-state index contributed by atoms with van der Waals surface area (Å²) < 4.78 is 6.34. The summed E-state index contributed by atoms with van der Waals surface area (Å²) in [6.45, 7) is 30.5. The predicted molar refractivity (Wildman–Crippen MR) is 332 cm³/mol. The van der Waals surface area contributed by atoms with Gasteiger partial charge in [-0.2, -0.15) is 0 Å². The summed E-state index contributed by atoms with van der Waals surface area (Å²) in [6, 6.07) is -11.6. The second-order valence-corrected chi connectivity index (χ2v) is 27.0. The fourth-order valence-electron chi connectivity index (χ4n) is 11.6. The maximum Gasteiger partial charge on any atom is 0.246 e. The van der Waals surface area contributed by atoms with Crippen LogP contribution in [0.3, 0.4) is 0 Å². The Morgan fingerprint density at radius 3 is 1.37 bits per heavy atom. The predicted octanol–water partition coefficient (Wildman–Crippen LogP) is 4.77. The van der Waals surface area contributed by atoms with E-state index in [0.717, 1.165) is 0 Å². The number of allylic oxidation sites excluding steroid dienone is 1. The van der Waals surface area contributed by atoms with Crippen LogP contribution in [0, 0.1) is 47.3 Å². The molecule has 22 nitrogen and oxygen atoms in total. The highest BCUT2D eigenvalue weighted by Crippen LogP contribution is 2.28. The number of nitrogens with zero attached hydrogens (tertiary/aromatic N) is 7. The second kappa shape index (κ2) is 34.0. The van der Waals surface area contributed by atoms with Gasteiger partial charge in [0.15, 0.2) is 5.78 Å². The molecule has 13 atom stereocenters. The van der Waals surface area contributed by atoms with Gasteiger partial charge in [0.2, 0.25) is 59.1 Å². The van der Waals surface area contributed by atoms with Gasteiger partial charge in [-0.05, 0) is 93.8 Å². The van der Waals surface area contributed by atoms with E-state index in [4.69, 9.17) is 4.74 Å². The fourth-order valence-corrected chi connectivity index (χ4v) is 11.6. The van der Waals surface area contributed by atoms with Crippen LogP contribution < -0.4 is 16.0 Å². The highest BCUT2D eigenvalue weighted by atomic mass is 16.5. The zero-order valence-electron chi connectivity index (χ0n) is 56.8. The maximum absolute atomic E-state index is 15.3. The van der Waals surface area contributed by atoms with Crippen molar-refractivity contribution in [2.24, 2.45) is 47.3 Å². The van der Waals surface area contributed by atoms with Crippen LogP contribution in [-0.2, 0) is 57.5 Å². The molecule has 0 saturated carbocycles. The smallest absolute Gasteiger partial charge is 0.246 e. The minimum atomic E-state index is -1.34. The highest BCUT2D eigenvalue weighted by molar-refractivity contribution is 6.00. The molecule has 0 aliphatic carbocycles. The molecule has 10 amide bonds. The monoisotopic (exact) mass is 1210 g/mol. The first-order valence-corrected chi connectivity index (χ1v) is 31.3. The number of carbonyl (C=O) groups excluding carboxylic acids is 11. The summed E-state index contributed by atoms with van der Waals surface area (Å²) in [4.78, 5) is 171. The van der Waals surface area contributed by atoms with Gasteiger partial charge < -0.3 is 55.0 Å². The number of ketones is 1. The number of amides is 10. The Morgan fingerprint density at radius 1 is 0.465 bits per heavy atom. The lowest BCUT2D eigenvalue weighted by atomic mass is 9.91. The van der Waals surface area contributed by atoms with Crippen LogP contribution in [0.15, 0.2) is 12.2 Å². The van der Waals surface area contributed by atoms with Gasteiger partial charge in [-0.1, -0.05) is 116 Å². The standard InChI is InChI=1S/C64H112N10O12/c1-25-45-60(81)68(18)44(17)59(80)69(19)47(31-36(4)5)56(77)67-51(39(10)11)63(84)70(20)46(30-35(2)3)55(76)65-43(16)50(75)34-42(15)58(79)71(21)48(32-37(6)7)61(82)72(22)49(33-38(8)9)62(83)73(23)52(40(12)13)64(85)74(24)53(57(78)66-45)54-41(14)28-26-27-29-86-54/h26-27,35-49,51-54H,25,28-34H2,1-24H3,(H,65,76)(H,66,78)(H,67,77)/t41-,42-,43-,44-,45-,46-,47+,48-,49-,51-,52-,53-,54-/m1/s1. The first kappa shape index (κ1) is 76.2. The van der Waals surface area contributed by atoms with Crippen molar-refractivity contribution in [3.63, 3.8) is 0 Å². The molecular formula is C64H112N10O12. The third kappa shape index (κ3) is 20.1. The van der Waals surface area contributed by atoms with Crippen LogP contribution >= 0.6 is 0 Å². The molecule has 2 aliphatic rings. The number of rotatable bonds is 12. The number of carbonyl (C=O) groups is 11. The van der Waals surface area contributed by atoms with Crippen molar-refractivity contribution >= 4 is 64.9 Å². The largest absolute Gasteiger partial charge is 0.371 e. The number of hydrogen-bond acceptors (Lipinski definition) is 12. The second-order valence-electron chi connectivity index (χ2n) is 27.0. The lowest BCUT2D eigenvalue weighted by Crippen LogP contribution is -2.64. The molecule has 0 aromatic rings. The van der Waals surface area contributed by atoms with E-state index >= 15 is 19.2 Å². The number of likely N-dealkylation sites (N-methyl/N-ethyl adjacent to an activating group) is 7. The molecule has 2 rings (SSSR count). The summed E-state index contributed by atoms with van der Waals surface area (Å²) in [7, 11) is 10.3. The van der Waals surface area contributed by atoms with E-state index in [1.54, 1.807) is 41.5 Å². The van der Waals surface area contributed by atoms with Crippen molar-refractivity contribution in [1.82, 2.24) is 50.2 Å². The quantitative estimate of drug-likeness (QED) is 0.224. The average Bonchev–Trinajstić information content (AvgIpc) is 3.22. The van der Waals surface area contributed by atoms with E-state index in [2.05, 4.69) is 16.0 Å². The van der Waals surface area contributed by atoms with E-state index in [9.17, 15) is 33.6 Å². The molecule has 2 aliphatic heterocycles. The van der Waals surface area contributed by atoms with Gasteiger partial charge in [0, 0.05) is 61.7 Å². The first-order chi connectivity index (χ1) is 39.8. The van der Waals surface area contributed by atoms with Gasteiger partial charge >= 0.3 is 0 Å². The van der Waals surface area contributed by atoms with Gasteiger partial charge in [-0.15, -0.1) is 0 Å². The fraction of sp³-hybridized carbons (Fsp3) is 0.797. The van der Waals surface area contributed by atoms with Crippen LogP contribution in [0.5, 0.6) is 0 Å². The first-order valence-electron chi connectivity index (χ1n) is 31.3. The maximum atomic E-state index is 15.3. The van der Waals surface area contributed by atoms with Crippen molar-refractivity contribution < 1.29 is 57.5 Å². The van der Waals surface area contributed by atoms with Crippen molar-refractivity contribution in [1.29, 1.82) is 0 Å². The molecule has 0 bridgehead atoms. The molecule has 86 heavy (non-hydrogen) atoms. The Bertz CT molecular complexity index is 2390. The van der Waals surface area contributed by atoms with Gasteiger partial charge in [0.25, 0.3) is 0 Å². The third-order valence-corrected chi connectivity index (χ3v) is 17.1. The Morgan fingerprint density at radius 2 is 0.907 bits per heavy atom. The van der Waals surface area contributed by atoms with Crippen LogP contribution in [-0.4, -0.2) is 222 Å². The molecule has 490 valence electrons. The summed E-state index contributed by atoms with van der Waals surface area (Å²) in [5, 5.41) is 8.57. The molecule has 3 N–H and O–H groups in total. The topological polar surface area (TPSA) is 256 Å². The summed E-state index contributed by atoms with van der Waals surface area (Å²) in [5.74, 6) is -9.25. The summed E-state index contributed by atoms with van der Waals surface area (Å²) in [5.41, 5.74) is 0. The van der Waals surface area contributed by atoms with Gasteiger partial charge in [-0.3, -0.25) is 52.7 Å². The number of ether oxygens (including phenoxy) is 1. The normalized spacial score (nSPS) is 29.6. The zero-order chi connectivity index (χ0) is 66.3. The Labute approximate surface area is 515 Å². The molecule has 2 heterocycles. The molecule has 22 heteroatoms. The van der Waals surface area contributed by atoms with Gasteiger partial charge in [0.1, 0.15) is 54.4 Å². The molecule has 1 fully saturated rings. The van der Waals surface area contributed by atoms with Crippen molar-refractivity contribution in [3.8, 4) is 0 Å². The van der Waals surface area contributed by atoms with Crippen LogP contribution in [0.2, 0.25) is 0 Å². The van der Waals surface area contributed by atoms with Crippen molar-refractivity contribution in [3.05, 3.63) is 12.2 Å². The van der Waals surface area contributed by atoms with E-state index in [-0.39, 0.29) is 74.7 Å². The highest BCUT2D eigenvalue weighted by Gasteiger charge is 2.47. The average molecular weight is 1210 g/mol. The summed E-state index contributed by atoms with van der Waals surface area (Å²) >= 11 is 0. The Balaban J connectivity index is 2.99. The molecule has 0 radical (unpaired) electrons.